The summed E-state index contributed by atoms with van der Waals surface area (Å²) in [6.07, 6.45) is 4.49. The molecular weight excluding hydrogens is 535 g/mol. The molecule has 4 aliphatic rings. The molecule has 9 nitrogen and oxygen atoms in total. The van der Waals surface area contributed by atoms with Crippen molar-refractivity contribution in [1.29, 1.82) is 0 Å². The van der Waals surface area contributed by atoms with E-state index < -0.39 is 6.10 Å². The number of hydrogen-bond acceptors (Lipinski definition) is 8. The zero-order valence-electron chi connectivity index (χ0n) is 22.1. The molecule has 0 unspecified atom stereocenters. The second-order valence-electron chi connectivity index (χ2n) is 11.9. The van der Waals surface area contributed by atoms with Crippen molar-refractivity contribution in [1.82, 2.24) is 14.8 Å². The Bertz CT molecular complexity index is 1340. The highest BCUT2D eigenvalue weighted by Crippen LogP contribution is 2.56. The summed E-state index contributed by atoms with van der Waals surface area (Å²) >= 11 is 11.9. The van der Waals surface area contributed by atoms with Crippen molar-refractivity contribution in [3.8, 4) is 0 Å². The van der Waals surface area contributed by atoms with Gasteiger partial charge in [-0.15, -0.1) is 0 Å². The van der Waals surface area contributed by atoms with E-state index in [1.54, 1.807) is 11.0 Å². The zero-order valence-corrected chi connectivity index (χ0v) is 23.6. The Morgan fingerprint density at radius 1 is 0.897 bits per heavy atom. The quantitative estimate of drug-likeness (QED) is 0.394. The standard InChI is InChI=1S/C15H20ClN3O.C13H12ClN5/c1-15(2,3)14(20)13(19-10-17-9-18-19)8-11-4-6-12(16)7-5-11;14-6-1-3-7(4-2-6)19-13-9-5-8(12(13)17-18-19)10-11(9)16-15-10/h4-7,9-10,13-14,20H,8H2,1-3H3;1-4,8-13H,5H2/t13-,14+;8-,9+,10+,11-,12-,13+/m01/s1. The molecule has 8 atom stereocenters. The summed E-state index contributed by atoms with van der Waals surface area (Å²) in [4.78, 5) is 3.98. The van der Waals surface area contributed by atoms with E-state index in [9.17, 15) is 5.11 Å². The first kappa shape index (κ1) is 26.3. The number of nitrogens with zero attached hydrogens (tertiary/aromatic N) is 8. The minimum absolute atomic E-state index is 0.154. The maximum absolute atomic E-state index is 10.6. The molecule has 11 heteroatoms. The van der Waals surface area contributed by atoms with Crippen LogP contribution in [0.15, 0.2) is 81.8 Å². The van der Waals surface area contributed by atoms with Crippen LogP contribution in [0.4, 0.5) is 5.69 Å². The number of aromatic nitrogens is 3. The maximum atomic E-state index is 10.6. The molecule has 2 saturated carbocycles. The molecule has 1 N–H and O–H groups in total. The number of hydrogen-bond donors (Lipinski definition) is 1. The van der Waals surface area contributed by atoms with Crippen LogP contribution in [0.1, 0.15) is 38.8 Å². The largest absolute Gasteiger partial charge is 0.390 e. The van der Waals surface area contributed by atoms with Crippen molar-refractivity contribution in [2.45, 2.75) is 69.9 Å². The highest BCUT2D eigenvalue weighted by atomic mass is 35.5. The van der Waals surface area contributed by atoms with Crippen LogP contribution >= 0.6 is 23.2 Å². The van der Waals surface area contributed by atoms with E-state index in [1.807, 2.05) is 69.3 Å². The number of aliphatic hydroxyl groups is 1. The Balaban J connectivity index is 0.000000142. The monoisotopic (exact) mass is 566 g/mol. The van der Waals surface area contributed by atoms with Crippen molar-refractivity contribution in [2.24, 2.45) is 37.8 Å². The van der Waals surface area contributed by atoms with Crippen LogP contribution < -0.4 is 5.01 Å². The lowest BCUT2D eigenvalue weighted by Crippen LogP contribution is -2.52. The van der Waals surface area contributed by atoms with Gasteiger partial charge in [0, 0.05) is 21.9 Å². The van der Waals surface area contributed by atoms with Crippen LogP contribution in [0.2, 0.25) is 10.0 Å². The Hall–Kier alpha value is -2.88. The van der Waals surface area contributed by atoms with E-state index in [-0.39, 0.29) is 11.5 Å². The average Bonchev–Trinajstić information content (AvgIpc) is 3.66. The SMILES string of the molecule is CC(C)(C)[C@H](O)[C@H](Cc1ccc(Cl)cc1)n1cncn1.Clc1ccc(N2N=N[C@@H]3[C@@H]4C[C@@H]([C@H]5N=N[C@@H]45)[C@@H]32)cc1. The Morgan fingerprint density at radius 2 is 1.54 bits per heavy atom. The molecule has 3 heterocycles. The average molecular weight is 568 g/mol. The first-order valence-corrected chi connectivity index (χ1v) is 14.1. The molecule has 1 aromatic heterocycles. The van der Waals surface area contributed by atoms with Gasteiger partial charge in [-0.3, -0.25) is 0 Å². The Kier molecular flexibility index (Phi) is 6.93. The van der Waals surface area contributed by atoms with Gasteiger partial charge in [-0.1, -0.05) is 61.3 Å². The molecule has 3 aromatic rings. The van der Waals surface area contributed by atoms with Crippen LogP contribution in [0.5, 0.6) is 0 Å². The summed E-state index contributed by atoms with van der Waals surface area (Å²) in [6, 6.07) is 16.9. The summed E-state index contributed by atoms with van der Waals surface area (Å²) < 4.78 is 1.73. The first-order valence-electron chi connectivity index (χ1n) is 13.3. The van der Waals surface area contributed by atoms with E-state index in [0.717, 1.165) is 16.3 Å². The third-order valence-corrected chi connectivity index (χ3v) is 8.88. The molecule has 0 spiro atoms. The topological polar surface area (TPSA) is 104 Å². The van der Waals surface area contributed by atoms with Crippen molar-refractivity contribution < 1.29 is 5.11 Å². The molecule has 2 aliphatic carbocycles. The second kappa shape index (κ2) is 10.3. The van der Waals surface area contributed by atoms with Gasteiger partial charge in [-0.05, 0) is 60.2 Å². The first-order chi connectivity index (χ1) is 18.7. The lowest BCUT2D eigenvalue weighted by atomic mass is 9.82. The summed E-state index contributed by atoms with van der Waals surface area (Å²) in [5.41, 5.74) is 1.95. The summed E-state index contributed by atoms with van der Waals surface area (Å²) in [6.45, 7) is 6.05. The smallest absolute Gasteiger partial charge is 0.137 e. The second-order valence-corrected chi connectivity index (χ2v) is 12.7. The lowest BCUT2D eigenvalue weighted by Gasteiger charge is -2.38. The number of benzene rings is 2. The molecule has 2 aliphatic heterocycles. The highest BCUT2D eigenvalue weighted by Gasteiger charge is 2.65. The third-order valence-electron chi connectivity index (χ3n) is 8.37. The van der Waals surface area contributed by atoms with Gasteiger partial charge in [0.05, 0.1) is 23.9 Å². The molecule has 39 heavy (non-hydrogen) atoms. The lowest BCUT2D eigenvalue weighted by molar-refractivity contribution is 0.0124. The molecule has 2 aromatic carbocycles. The van der Waals surface area contributed by atoms with E-state index in [2.05, 4.69) is 35.7 Å². The molecular formula is C28H32Cl2N8O. The van der Waals surface area contributed by atoms with E-state index in [1.165, 1.54) is 12.7 Å². The van der Waals surface area contributed by atoms with Crippen LogP contribution in [-0.4, -0.2) is 50.1 Å². The van der Waals surface area contributed by atoms with Crippen LogP contribution in [0.25, 0.3) is 0 Å². The van der Waals surface area contributed by atoms with Gasteiger partial charge in [0.15, 0.2) is 0 Å². The van der Waals surface area contributed by atoms with Crippen molar-refractivity contribution in [2.75, 3.05) is 5.01 Å². The zero-order chi connectivity index (χ0) is 27.3. The molecule has 7 rings (SSSR count). The highest BCUT2D eigenvalue weighted by molar-refractivity contribution is 6.30. The fourth-order valence-corrected chi connectivity index (χ4v) is 6.58. The fraction of sp³-hybridized carbons (Fsp3) is 0.500. The van der Waals surface area contributed by atoms with E-state index >= 15 is 0 Å². The number of rotatable bonds is 5. The van der Waals surface area contributed by atoms with Gasteiger partial charge in [-0.25, -0.2) is 14.7 Å². The van der Waals surface area contributed by atoms with Crippen LogP contribution in [0.3, 0.4) is 0 Å². The van der Waals surface area contributed by atoms with Crippen molar-refractivity contribution in [3.63, 3.8) is 0 Å². The van der Waals surface area contributed by atoms with Gasteiger partial charge in [0.1, 0.15) is 30.8 Å². The number of halogens is 2. The van der Waals surface area contributed by atoms with Crippen LogP contribution in [-0.2, 0) is 6.42 Å². The summed E-state index contributed by atoms with van der Waals surface area (Å²) in [7, 11) is 0. The van der Waals surface area contributed by atoms with Gasteiger partial charge in [0.25, 0.3) is 0 Å². The van der Waals surface area contributed by atoms with E-state index in [0.29, 0.717) is 47.4 Å². The molecule has 0 amide bonds. The normalized spacial score (nSPS) is 29.3. The number of azo groups is 1. The summed E-state index contributed by atoms with van der Waals surface area (Å²) in [5, 5.41) is 35.8. The number of anilines is 1. The number of fused-ring (bicyclic) bond motifs is 8. The molecule has 204 valence electrons. The van der Waals surface area contributed by atoms with E-state index in [4.69, 9.17) is 23.2 Å². The van der Waals surface area contributed by atoms with Crippen molar-refractivity contribution >= 4 is 28.9 Å². The van der Waals surface area contributed by atoms with Gasteiger partial charge in [0.2, 0.25) is 0 Å². The van der Waals surface area contributed by atoms with Gasteiger partial charge in [-0.2, -0.15) is 20.4 Å². The van der Waals surface area contributed by atoms with Crippen LogP contribution in [0, 0.1) is 17.3 Å². The predicted molar refractivity (Wildman–Crippen MR) is 150 cm³/mol. The van der Waals surface area contributed by atoms with Gasteiger partial charge < -0.3 is 5.11 Å². The fourth-order valence-electron chi connectivity index (χ4n) is 6.33. The Morgan fingerprint density at radius 3 is 2.13 bits per heavy atom. The number of aliphatic hydroxyl groups excluding tert-OH is 1. The molecule has 2 fully saturated rings. The summed E-state index contributed by atoms with van der Waals surface area (Å²) in [5.74, 6) is 1.11. The minimum Gasteiger partial charge on any atom is -0.390 e. The predicted octanol–water partition coefficient (Wildman–Crippen LogP) is 6.24. The minimum atomic E-state index is -0.528. The maximum Gasteiger partial charge on any atom is 0.137 e. The van der Waals surface area contributed by atoms with Gasteiger partial charge >= 0.3 is 0 Å². The Labute approximate surface area is 237 Å². The third kappa shape index (κ3) is 4.96. The van der Waals surface area contributed by atoms with Crippen molar-refractivity contribution in [3.05, 3.63) is 76.8 Å². The molecule has 0 saturated heterocycles. The molecule has 0 radical (unpaired) electrons. The molecule has 2 bridgehead atoms.